The SMILES string of the molecule is COC(=O)NCCN(C(=O)C(C)Cc1nn(Cc2ccc(OC)cc2)c2ncccc12)c1ccc(C)cc1. The van der Waals surface area contributed by atoms with Gasteiger partial charge in [0.25, 0.3) is 0 Å². The summed E-state index contributed by atoms with van der Waals surface area (Å²) in [6, 6.07) is 19.5. The number of fused-ring (bicyclic) bond motifs is 1. The number of aryl methyl sites for hydroxylation is 1. The zero-order valence-corrected chi connectivity index (χ0v) is 22.2. The van der Waals surface area contributed by atoms with Gasteiger partial charge in [0.1, 0.15) is 5.75 Å². The largest absolute Gasteiger partial charge is 0.497 e. The highest BCUT2D eigenvalue weighted by atomic mass is 16.5. The molecule has 4 aromatic rings. The highest BCUT2D eigenvalue weighted by Gasteiger charge is 2.25. The minimum absolute atomic E-state index is 0.0535. The number of benzene rings is 2. The fraction of sp³-hybridized carbons (Fsp3) is 0.310. The summed E-state index contributed by atoms with van der Waals surface area (Å²) in [5, 5.41) is 8.45. The Bertz CT molecular complexity index is 1380. The summed E-state index contributed by atoms with van der Waals surface area (Å²) < 4.78 is 11.8. The summed E-state index contributed by atoms with van der Waals surface area (Å²) >= 11 is 0. The second kappa shape index (κ2) is 12.2. The number of alkyl carbamates (subject to hydrolysis) is 1. The summed E-state index contributed by atoms with van der Waals surface area (Å²) in [7, 11) is 2.96. The Balaban J connectivity index is 1.55. The molecule has 4 rings (SSSR count). The van der Waals surface area contributed by atoms with Crippen LogP contribution in [-0.2, 0) is 22.5 Å². The standard InChI is InChI=1S/C29H33N5O4/c1-20-7-11-23(12-8-20)33(17-16-31-29(36)38-4)28(35)21(2)18-26-25-6-5-15-30-27(25)34(32-26)19-22-9-13-24(37-3)14-10-22/h5-15,21H,16-19H2,1-4H3,(H,31,36). The number of aromatic nitrogens is 3. The average Bonchev–Trinajstić information content (AvgIpc) is 3.28. The Morgan fingerprint density at radius 2 is 1.79 bits per heavy atom. The van der Waals surface area contributed by atoms with E-state index in [1.165, 1.54) is 7.11 Å². The molecular formula is C29H33N5O4. The topological polar surface area (TPSA) is 98.6 Å². The van der Waals surface area contributed by atoms with Gasteiger partial charge in [0.2, 0.25) is 5.91 Å². The quantitative estimate of drug-likeness (QED) is 0.337. The van der Waals surface area contributed by atoms with Crippen molar-refractivity contribution < 1.29 is 19.1 Å². The fourth-order valence-corrected chi connectivity index (χ4v) is 4.32. The van der Waals surface area contributed by atoms with Crippen molar-refractivity contribution in [3.8, 4) is 5.75 Å². The lowest BCUT2D eigenvalue weighted by atomic mass is 10.0. The smallest absolute Gasteiger partial charge is 0.406 e. The van der Waals surface area contributed by atoms with E-state index < -0.39 is 6.09 Å². The third-order valence-corrected chi connectivity index (χ3v) is 6.40. The number of carbonyl (C=O) groups is 2. The second-order valence-corrected chi connectivity index (χ2v) is 9.18. The number of amides is 2. The summed E-state index contributed by atoms with van der Waals surface area (Å²) in [6.07, 6.45) is 1.67. The van der Waals surface area contributed by atoms with Crippen molar-refractivity contribution >= 4 is 28.7 Å². The molecule has 0 saturated carbocycles. The van der Waals surface area contributed by atoms with Crippen molar-refractivity contribution in [3.05, 3.63) is 83.7 Å². The molecule has 2 heterocycles. The van der Waals surface area contributed by atoms with Gasteiger partial charge in [-0.1, -0.05) is 36.8 Å². The number of nitrogens with zero attached hydrogens (tertiary/aromatic N) is 4. The molecule has 9 nitrogen and oxygen atoms in total. The van der Waals surface area contributed by atoms with Crippen LogP contribution in [0.1, 0.15) is 23.7 Å². The predicted molar refractivity (Wildman–Crippen MR) is 146 cm³/mol. The molecule has 2 amide bonds. The normalized spacial score (nSPS) is 11.7. The third kappa shape index (κ3) is 6.29. The van der Waals surface area contributed by atoms with Crippen LogP contribution in [0.5, 0.6) is 5.75 Å². The summed E-state index contributed by atoms with van der Waals surface area (Å²) in [5.41, 5.74) is 4.54. The number of ether oxygens (including phenoxy) is 2. The first-order valence-corrected chi connectivity index (χ1v) is 12.5. The summed E-state index contributed by atoms with van der Waals surface area (Å²) in [5.74, 6) is 0.384. The average molecular weight is 516 g/mol. The van der Waals surface area contributed by atoms with E-state index >= 15 is 0 Å². The van der Waals surface area contributed by atoms with Gasteiger partial charge < -0.3 is 19.7 Å². The van der Waals surface area contributed by atoms with E-state index in [0.717, 1.165) is 39.3 Å². The molecule has 0 bridgehead atoms. The van der Waals surface area contributed by atoms with Crippen LogP contribution >= 0.6 is 0 Å². The van der Waals surface area contributed by atoms with Crippen LogP contribution < -0.4 is 15.0 Å². The molecule has 1 atom stereocenters. The summed E-state index contributed by atoms with van der Waals surface area (Å²) in [6.45, 7) is 5.03. The molecule has 0 aliphatic carbocycles. The van der Waals surface area contributed by atoms with Crippen molar-refractivity contribution in [1.82, 2.24) is 20.1 Å². The number of carbonyl (C=O) groups excluding carboxylic acids is 2. The molecule has 2 aromatic heterocycles. The van der Waals surface area contributed by atoms with E-state index in [-0.39, 0.29) is 18.4 Å². The van der Waals surface area contributed by atoms with Gasteiger partial charge in [-0.2, -0.15) is 5.10 Å². The van der Waals surface area contributed by atoms with Crippen LogP contribution in [0.4, 0.5) is 10.5 Å². The van der Waals surface area contributed by atoms with Crippen LogP contribution in [0.15, 0.2) is 66.9 Å². The molecule has 0 saturated heterocycles. The van der Waals surface area contributed by atoms with Gasteiger partial charge in [0, 0.05) is 42.7 Å². The van der Waals surface area contributed by atoms with Gasteiger partial charge in [0.05, 0.1) is 26.5 Å². The Kier molecular flexibility index (Phi) is 8.58. The van der Waals surface area contributed by atoms with Crippen LogP contribution in [0.2, 0.25) is 0 Å². The van der Waals surface area contributed by atoms with E-state index in [2.05, 4.69) is 15.0 Å². The van der Waals surface area contributed by atoms with Crippen molar-refractivity contribution in [1.29, 1.82) is 0 Å². The van der Waals surface area contributed by atoms with E-state index in [9.17, 15) is 9.59 Å². The zero-order valence-electron chi connectivity index (χ0n) is 22.2. The monoisotopic (exact) mass is 515 g/mol. The molecule has 0 fully saturated rings. The third-order valence-electron chi connectivity index (χ3n) is 6.40. The van der Waals surface area contributed by atoms with Crippen molar-refractivity contribution in [2.45, 2.75) is 26.8 Å². The first-order chi connectivity index (χ1) is 18.4. The minimum Gasteiger partial charge on any atom is -0.497 e. The lowest BCUT2D eigenvalue weighted by molar-refractivity contribution is -0.121. The Labute approximate surface area is 222 Å². The molecule has 198 valence electrons. The molecule has 0 aliphatic rings. The fourth-order valence-electron chi connectivity index (χ4n) is 4.32. The maximum absolute atomic E-state index is 13.7. The first-order valence-electron chi connectivity index (χ1n) is 12.5. The number of rotatable bonds is 10. The molecule has 0 aliphatic heterocycles. The Hall–Kier alpha value is -4.40. The zero-order chi connectivity index (χ0) is 27.1. The molecular weight excluding hydrogens is 482 g/mol. The van der Waals surface area contributed by atoms with Crippen LogP contribution in [0.25, 0.3) is 11.0 Å². The molecule has 1 N–H and O–H groups in total. The Morgan fingerprint density at radius 1 is 1.05 bits per heavy atom. The second-order valence-electron chi connectivity index (χ2n) is 9.18. The lowest BCUT2D eigenvalue weighted by Crippen LogP contribution is -2.41. The van der Waals surface area contributed by atoms with Gasteiger partial charge in [0.15, 0.2) is 5.65 Å². The first kappa shape index (κ1) is 26.7. The van der Waals surface area contributed by atoms with Gasteiger partial charge in [-0.15, -0.1) is 0 Å². The van der Waals surface area contributed by atoms with E-state index in [1.54, 1.807) is 18.2 Å². The number of nitrogens with one attached hydrogen (secondary N) is 1. The lowest BCUT2D eigenvalue weighted by Gasteiger charge is -2.26. The number of methoxy groups -OCH3 is 2. The minimum atomic E-state index is -0.532. The maximum Gasteiger partial charge on any atom is 0.406 e. The number of anilines is 1. The van der Waals surface area contributed by atoms with E-state index in [1.807, 2.05) is 79.2 Å². The van der Waals surface area contributed by atoms with E-state index in [4.69, 9.17) is 9.84 Å². The van der Waals surface area contributed by atoms with Gasteiger partial charge in [-0.25, -0.2) is 14.5 Å². The van der Waals surface area contributed by atoms with Crippen LogP contribution in [-0.4, -0.2) is 54.1 Å². The van der Waals surface area contributed by atoms with Crippen LogP contribution in [0.3, 0.4) is 0 Å². The molecule has 9 heteroatoms. The maximum atomic E-state index is 13.7. The Morgan fingerprint density at radius 3 is 2.47 bits per heavy atom. The highest BCUT2D eigenvalue weighted by Crippen LogP contribution is 2.24. The molecule has 0 spiro atoms. The van der Waals surface area contributed by atoms with Gasteiger partial charge in [-0.05, 0) is 48.9 Å². The van der Waals surface area contributed by atoms with Crippen molar-refractivity contribution in [2.75, 3.05) is 32.2 Å². The molecule has 2 aromatic carbocycles. The highest BCUT2D eigenvalue weighted by molar-refractivity contribution is 5.95. The summed E-state index contributed by atoms with van der Waals surface area (Å²) in [4.78, 5) is 31.5. The number of hydrogen-bond donors (Lipinski definition) is 1. The van der Waals surface area contributed by atoms with Gasteiger partial charge >= 0.3 is 6.09 Å². The van der Waals surface area contributed by atoms with E-state index in [0.29, 0.717) is 19.5 Å². The molecule has 0 radical (unpaired) electrons. The van der Waals surface area contributed by atoms with Gasteiger partial charge in [-0.3, -0.25) is 4.79 Å². The number of hydrogen-bond acceptors (Lipinski definition) is 6. The van der Waals surface area contributed by atoms with Crippen molar-refractivity contribution in [2.24, 2.45) is 5.92 Å². The predicted octanol–water partition coefficient (Wildman–Crippen LogP) is 4.36. The number of pyridine rings is 1. The molecule has 1 unspecified atom stereocenters. The van der Waals surface area contributed by atoms with Crippen LogP contribution in [0, 0.1) is 12.8 Å². The molecule has 38 heavy (non-hydrogen) atoms. The van der Waals surface area contributed by atoms with Crippen molar-refractivity contribution in [3.63, 3.8) is 0 Å².